The van der Waals surface area contributed by atoms with Crippen molar-refractivity contribution in [2.45, 2.75) is 46.7 Å². The summed E-state index contributed by atoms with van der Waals surface area (Å²) < 4.78 is 27.2. The van der Waals surface area contributed by atoms with Gasteiger partial charge in [-0.25, -0.2) is 8.42 Å². The third kappa shape index (κ3) is 4.53. The average molecular weight is 423 g/mol. The van der Waals surface area contributed by atoms with Gasteiger partial charge in [-0.2, -0.15) is 10.2 Å². The first kappa shape index (κ1) is 21.5. The van der Waals surface area contributed by atoms with Crippen LogP contribution < -0.4 is 5.32 Å². The van der Waals surface area contributed by atoms with Gasteiger partial charge in [0.2, 0.25) is 5.91 Å². The monoisotopic (exact) mass is 422 g/mol. The van der Waals surface area contributed by atoms with Crippen LogP contribution in [0.3, 0.4) is 0 Å². The summed E-state index contributed by atoms with van der Waals surface area (Å²) in [6.45, 7) is 8.49. The molecule has 0 aliphatic carbocycles. The van der Waals surface area contributed by atoms with Crippen molar-refractivity contribution in [1.82, 2.24) is 24.5 Å². The zero-order valence-electron chi connectivity index (χ0n) is 18.0. The van der Waals surface area contributed by atoms with Gasteiger partial charge in [0.15, 0.2) is 9.84 Å². The van der Waals surface area contributed by atoms with Crippen LogP contribution in [0.4, 0.5) is 5.69 Å². The van der Waals surface area contributed by atoms with Crippen LogP contribution in [0.25, 0.3) is 0 Å². The van der Waals surface area contributed by atoms with E-state index < -0.39 is 9.84 Å². The Labute approximate surface area is 172 Å². The Bertz CT molecular complexity index is 1040. The number of anilines is 1. The molecule has 160 valence electrons. The molecule has 9 nitrogen and oxygen atoms in total. The second-order valence-electron chi connectivity index (χ2n) is 8.04. The van der Waals surface area contributed by atoms with Crippen molar-refractivity contribution in [3.8, 4) is 0 Å². The van der Waals surface area contributed by atoms with Gasteiger partial charge in [-0.05, 0) is 41.2 Å². The first-order chi connectivity index (χ1) is 13.5. The van der Waals surface area contributed by atoms with Crippen LogP contribution in [-0.4, -0.2) is 63.9 Å². The number of rotatable bonds is 6. The van der Waals surface area contributed by atoms with Crippen molar-refractivity contribution in [3.05, 3.63) is 28.3 Å². The number of hydrogen-bond acceptors (Lipinski definition) is 6. The zero-order valence-corrected chi connectivity index (χ0v) is 18.8. The number of hydrogen-bond donors (Lipinski definition) is 1. The topological polar surface area (TPSA) is 102 Å². The molecule has 0 aromatic carbocycles. The van der Waals surface area contributed by atoms with Gasteiger partial charge in [0.05, 0.1) is 46.9 Å². The molecule has 0 bridgehead atoms. The lowest BCUT2D eigenvalue weighted by molar-refractivity contribution is -0.117. The number of likely N-dealkylation sites (N-methyl/N-ethyl adjacent to an activating group) is 1. The number of nitrogens with one attached hydrogen (secondary N) is 1. The predicted molar refractivity (Wildman–Crippen MR) is 112 cm³/mol. The molecule has 3 rings (SSSR count). The molecule has 1 fully saturated rings. The standard InChI is InChI=1S/C19H30N6O3S/c1-12-17(14(3)25(22-12)16-7-8-29(27,28)11-16)9-23(5)10-18(26)20-19-13(2)21-24(6)15(19)4/h16H,7-11H2,1-6H3,(H,20,26)/t16-/m0/s1. The van der Waals surface area contributed by atoms with Gasteiger partial charge in [-0.15, -0.1) is 0 Å². The van der Waals surface area contributed by atoms with Gasteiger partial charge in [0.1, 0.15) is 0 Å². The van der Waals surface area contributed by atoms with Gasteiger partial charge in [-0.3, -0.25) is 19.1 Å². The second-order valence-corrected chi connectivity index (χ2v) is 10.3. The SMILES string of the molecule is Cc1nn([C@H]2CCS(=O)(=O)C2)c(C)c1CN(C)CC(=O)Nc1c(C)nn(C)c1C. The van der Waals surface area contributed by atoms with Crippen LogP contribution in [0.1, 0.15) is 40.8 Å². The molecule has 1 N–H and O–H groups in total. The van der Waals surface area contributed by atoms with Crippen LogP contribution >= 0.6 is 0 Å². The number of carbonyl (C=O) groups is 1. The van der Waals surface area contributed by atoms with E-state index in [0.717, 1.165) is 34.0 Å². The summed E-state index contributed by atoms with van der Waals surface area (Å²) in [7, 11) is 0.769. The van der Waals surface area contributed by atoms with E-state index in [9.17, 15) is 13.2 Å². The fraction of sp³-hybridized carbons (Fsp3) is 0.632. The summed E-state index contributed by atoms with van der Waals surface area (Å²) in [6.07, 6.45) is 0.603. The largest absolute Gasteiger partial charge is 0.322 e. The fourth-order valence-corrected chi connectivity index (χ4v) is 5.65. The molecular formula is C19H30N6O3S. The van der Waals surface area contributed by atoms with E-state index in [1.165, 1.54) is 0 Å². The summed E-state index contributed by atoms with van der Waals surface area (Å²) in [4.78, 5) is 14.4. The van der Waals surface area contributed by atoms with E-state index in [1.807, 2.05) is 51.4 Å². The summed E-state index contributed by atoms with van der Waals surface area (Å²) >= 11 is 0. The molecule has 2 aromatic rings. The van der Waals surface area contributed by atoms with E-state index in [2.05, 4.69) is 15.5 Å². The smallest absolute Gasteiger partial charge is 0.238 e. The number of aryl methyl sites for hydroxylation is 3. The highest BCUT2D eigenvalue weighted by Gasteiger charge is 2.31. The van der Waals surface area contributed by atoms with E-state index in [4.69, 9.17) is 0 Å². The molecule has 29 heavy (non-hydrogen) atoms. The van der Waals surface area contributed by atoms with E-state index in [1.54, 1.807) is 4.68 Å². The number of nitrogens with zero attached hydrogens (tertiary/aromatic N) is 5. The first-order valence-electron chi connectivity index (χ1n) is 9.72. The first-order valence-corrected chi connectivity index (χ1v) is 11.5. The molecule has 2 aromatic heterocycles. The second kappa shape index (κ2) is 7.91. The van der Waals surface area contributed by atoms with Gasteiger partial charge < -0.3 is 5.32 Å². The van der Waals surface area contributed by atoms with E-state index in [-0.39, 0.29) is 30.0 Å². The quantitative estimate of drug-likeness (QED) is 0.752. The molecule has 1 amide bonds. The van der Waals surface area contributed by atoms with Gasteiger partial charge in [0, 0.05) is 24.8 Å². The van der Waals surface area contributed by atoms with Crippen molar-refractivity contribution < 1.29 is 13.2 Å². The highest BCUT2D eigenvalue weighted by Crippen LogP contribution is 2.27. The average Bonchev–Trinajstić information content (AvgIpc) is 3.19. The lowest BCUT2D eigenvalue weighted by Crippen LogP contribution is -2.30. The minimum absolute atomic E-state index is 0.0995. The normalized spacial score (nSPS) is 18.5. The van der Waals surface area contributed by atoms with Crippen molar-refractivity contribution in [1.29, 1.82) is 0 Å². The minimum Gasteiger partial charge on any atom is -0.322 e. The third-order valence-electron chi connectivity index (χ3n) is 5.64. The molecule has 1 saturated heterocycles. The Kier molecular flexibility index (Phi) is 5.86. The van der Waals surface area contributed by atoms with Crippen molar-refractivity contribution in [2.75, 3.05) is 30.4 Å². The summed E-state index contributed by atoms with van der Waals surface area (Å²) in [6, 6.07) is -0.0995. The summed E-state index contributed by atoms with van der Waals surface area (Å²) in [5.41, 5.74) is 5.35. The Hall–Kier alpha value is -2.20. The Morgan fingerprint density at radius 3 is 2.41 bits per heavy atom. The van der Waals surface area contributed by atoms with Crippen LogP contribution in [0, 0.1) is 27.7 Å². The highest BCUT2D eigenvalue weighted by molar-refractivity contribution is 7.91. The molecule has 0 radical (unpaired) electrons. The number of carbonyl (C=O) groups excluding carboxylic acids is 1. The van der Waals surface area contributed by atoms with Gasteiger partial charge in [-0.1, -0.05) is 0 Å². The fourth-order valence-electron chi connectivity index (χ4n) is 3.95. The lowest BCUT2D eigenvalue weighted by atomic mass is 10.1. The third-order valence-corrected chi connectivity index (χ3v) is 7.39. The molecule has 0 unspecified atom stereocenters. The number of sulfone groups is 1. The molecular weight excluding hydrogens is 392 g/mol. The molecule has 1 atom stereocenters. The maximum atomic E-state index is 12.5. The molecule has 1 aliphatic rings. The maximum Gasteiger partial charge on any atom is 0.238 e. The van der Waals surface area contributed by atoms with Crippen molar-refractivity contribution in [2.24, 2.45) is 7.05 Å². The molecule has 0 spiro atoms. The van der Waals surface area contributed by atoms with Crippen LogP contribution in [-0.2, 0) is 28.2 Å². The van der Waals surface area contributed by atoms with Crippen LogP contribution in [0.5, 0.6) is 0 Å². The van der Waals surface area contributed by atoms with Gasteiger partial charge in [0.25, 0.3) is 0 Å². The number of amides is 1. The maximum absolute atomic E-state index is 12.5. The molecule has 1 aliphatic heterocycles. The minimum atomic E-state index is -2.97. The van der Waals surface area contributed by atoms with E-state index in [0.29, 0.717) is 13.0 Å². The highest BCUT2D eigenvalue weighted by atomic mass is 32.2. The lowest BCUT2D eigenvalue weighted by Gasteiger charge is -2.17. The molecule has 3 heterocycles. The zero-order chi connectivity index (χ0) is 21.5. The summed E-state index contributed by atoms with van der Waals surface area (Å²) in [5.74, 6) is 0.269. The van der Waals surface area contributed by atoms with Crippen molar-refractivity contribution in [3.63, 3.8) is 0 Å². The Balaban J connectivity index is 1.66. The van der Waals surface area contributed by atoms with Crippen LogP contribution in [0.2, 0.25) is 0 Å². The van der Waals surface area contributed by atoms with Crippen molar-refractivity contribution >= 4 is 21.4 Å². The predicted octanol–water partition coefficient (Wildman–Crippen LogP) is 1.28. The molecule has 10 heteroatoms. The van der Waals surface area contributed by atoms with Gasteiger partial charge >= 0.3 is 0 Å². The molecule has 0 saturated carbocycles. The summed E-state index contributed by atoms with van der Waals surface area (Å²) in [5, 5.41) is 11.9. The Morgan fingerprint density at radius 1 is 1.17 bits per heavy atom. The van der Waals surface area contributed by atoms with Crippen LogP contribution in [0.15, 0.2) is 0 Å². The number of aromatic nitrogens is 4. The van der Waals surface area contributed by atoms with E-state index >= 15 is 0 Å². The Morgan fingerprint density at radius 2 is 1.86 bits per heavy atom.